The Balaban J connectivity index is 1.94. The standard InChI is InChI=1S/C24H19NO3/c1-16-12-14-19(15-13-16)25-21(17-8-4-2-5-9-17)20(23(27)24(25)28)22(26)18-10-6-3-7-11-18/h2-15,21,26H,1H3. The second-order valence-corrected chi connectivity index (χ2v) is 6.78. The average Bonchev–Trinajstić information content (AvgIpc) is 3.00. The zero-order valence-corrected chi connectivity index (χ0v) is 15.4. The van der Waals surface area contributed by atoms with Crippen LogP contribution in [-0.2, 0) is 9.59 Å². The number of amides is 1. The number of benzene rings is 3. The van der Waals surface area contributed by atoms with Gasteiger partial charge in [0.05, 0.1) is 11.6 Å². The van der Waals surface area contributed by atoms with Crippen molar-refractivity contribution in [1.29, 1.82) is 0 Å². The summed E-state index contributed by atoms with van der Waals surface area (Å²) in [6.45, 7) is 1.96. The van der Waals surface area contributed by atoms with Crippen LogP contribution in [-0.4, -0.2) is 16.8 Å². The van der Waals surface area contributed by atoms with Crippen LogP contribution in [0, 0.1) is 6.92 Å². The Labute approximate surface area is 163 Å². The van der Waals surface area contributed by atoms with Crippen molar-refractivity contribution < 1.29 is 14.7 Å². The van der Waals surface area contributed by atoms with Crippen molar-refractivity contribution >= 4 is 23.1 Å². The number of rotatable bonds is 3. The number of carbonyl (C=O) groups is 2. The first-order valence-corrected chi connectivity index (χ1v) is 9.06. The Hall–Kier alpha value is -3.66. The van der Waals surface area contributed by atoms with E-state index in [4.69, 9.17) is 0 Å². The molecule has 4 heteroatoms. The molecule has 4 nitrogen and oxygen atoms in total. The summed E-state index contributed by atoms with van der Waals surface area (Å²) in [6, 6.07) is 24.9. The van der Waals surface area contributed by atoms with Gasteiger partial charge < -0.3 is 5.11 Å². The van der Waals surface area contributed by atoms with Gasteiger partial charge in [-0.3, -0.25) is 14.5 Å². The van der Waals surface area contributed by atoms with Gasteiger partial charge in [0.1, 0.15) is 5.76 Å². The van der Waals surface area contributed by atoms with Gasteiger partial charge in [-0.05, 0) is 24.6 Å². The van der Waals surface area contributed by atoms with Crippen molar-refractivity contribution in [2.45, 2.75) is 13.0 Å². The van der Waals surface area contributed by atoms with Gasteiger partial charge in [0.15, 0.2) is 0 Å². The SMILES string of the molecule is Cc1ccc(N2C(=O)C(=O)C(=C(O)c3ccccc3)C2c2ccccc2)cc1. The van der Waals surface area contributed by atoms with Crippen LogP contribution in [0.5, 0.6) is 0 Å². The number of aliphatic hydroxyl groups is 1. The molecule has 4 rings (SSSR count). The predicted octanol–water partition coefficient (Wildman–Crippen LogP) is 4.62. The first-order chi connectivity index (χ1) is 13.6. The Morgan fingerprint density at radius 3 is 2.00 bits per heavy atom. The number of ketones is 1. The van der Waals surface area contributed by atoms with E-state index in [0.717, 1.165) is 11.1 Å². The van der Waals surface area contributed by atoms with Crippen molar-refractivity contribution in [3.8, 4) is 0 Å². The van der Waals surface area contributed by atoms with Gasteiger partial charge >= 0.3 is 0 Å². The summed E-state index contributed by atoms with van der Waals surface area (Å²) in [5, 5.41) is 10.9. The lowest BCUT2D eigenvalue weighted by molar-refractivity contribution is -0.132. The molecular formula is C24H19NO3. The summed E-state index contributed by atoms with van der Waals surface area (Å²) in [7, 11) is 0. The highest BCUT2D eigenvalue weighted by molar-refractivity contribution is 6.51. The lowest BCUT2D eigenvalue weighted by Gasteiger charge is -2.25. The molecule has 0 saturated carbocycles. The molecule has 28 heavy (non-hydrogen) atoms. The highest BCUT2D eigenvalue weighted by Crippen LogP contribution is 2.41. The Bertz CT molecular complexity index is 1050. The molecule has 1 heterocycles. The van der Waals surface area contributed by atoms with E-state index in [0.29, 0.717) is 11.3 Å². The van der Waals surface area contributed by atoms with Gasteiger partial charge in [-0.15, -0.1) is 0 Å². The van der Waals surface area contributed by atoms with E-state index in [1.807, 2.05) is 67.6 Å². The molecule has 1 aliphatic rings. The molecule has 1 fully saturated rings. The summed E-state index contributed by atoms with van der Waals surface area (Å²) in [5.41, 5.74) is 3.04. The van der Waals surface area contributed by atoms with Crippen molar-refractivity contribution in [2.24, 2.45) is 0 Å². The molecule has 1 unspecified atom stereocenters. The van der Waals surface area contributed by atoms with Crippen LogP contribution < -0.4 is 4.90 Å². The van der Waals surface area contributed by atoms with Gasteiger partial charge in [0.25, 0.3) is 11.7 Å². The zero-order valence-electron chi connectivity index (χ0n) is 15.4. The van der Waals surface area contributed by atoms with E-state index >= 15 is 0 Å². The molecular weight excluding hydrogens is 350 g/mol. The fraction of sp³-hybridized carbons (Fsp3) is 0.0833. The molecule has 0 aromatic heterocycles. The van der Waals surface area contributed by atoms with E-state index in [1.54, 1.807) is 24.3 Å². The van der Waals surface area contributed by atoms with E-state index in [-0.39, 0.29) is 11.3 Å². The fourth-order valence-electron chi connectivity index (χ4n) is 3.51. The minimum absolute atomic E-state index is 0.1000. The molecule has 1 aliphatic heterocycles. The molecule has 0 aliphatic carbocycles. The zero-order chi connectivity index (χ0) is 19.7. The third-order valence-corrected chi connectivity index (χ3v) is 4.92. The highest BCUT2D eigenvalue weighted by Gasteiger charge is 2.46. The molecule has 0 spiro atoms. The number of aliphatic hydroxyl groups excluding tert-OH is 1. The van der Waals surface area contributed by atoms with Crippen molar-refractivity contribution in [2.75, 3.05) is 4.90 Å². The largest absolute Gasteiger partial charge is 0.507 e. The van der Waals surface area contributed by atoms with E-state index in [2.05, 4.69) is 0 Å². The van der Waals surface area contributed by atoms with Gasteiger partial charge in [-0.25, -0.2) is 0 Å². The maximum atomic E-state index is 13.0. The number of Topliss-reactive ketones (excluding diaryl/α,β-unsaturated/α-hetero) is 1. The minimum Gasteiger partial charge on any atom is -0.507 e. The smallest absolute Gasteiger partial charge is 0.300 e. The first kappa shape index (κ1) is 17.7. The molecule has 0 radical (unpaired) electrons. The second-order valence-electron chi connectivity index (χ2n) is 6.78. The summed E-state index contributed by atoms with van der Waals surface area (Å²) in [5.74, 6) is -1.49. The lowest BCUT2D eigenvalue weighted by Crippen LogP contribution is -2.29. The summed E-state index contributed by atoms with van der Waals surface area (Å²) in [6.07, 6.45) is 0. The molecule has 138 valence electrons. The number of aryl methyl sites for hydroxylation is 1. The maximum Gasteiger partial charge on any atom is 0.300 e. The number of hydrogen-bond acceptors (Lipinski definition) is 3. The van der Waals surface area contributed by atoms with Crippen LogP contribution in [0.4, 0.5) is 5.69 Å². The van der Waals surface area contributed by atoms with Crippen LogP contribution in [0.15, 0.2) is 90.5 Å². The van der Waals surface area contributed by atoms with Gasteiger partial charge in [-0.1, -0.05) is 78.4 Å². The number of hydrogen-bond donors (Lipinski definition) is 1. The maximum absolute atomic E-state index is 13.0. The fourth-order valence-corrected chi connectivity index (χ4v) is 3.51. The van der Waals surface area contributed by atoms with Crippen molar-refractivity contribution in [1.82, 2.24) is 0 Å². The molecule has 1 saturated heterocycles. The molecule has 1 amide bonds. The molecule has 1 atom stereocenters. The Morgan fingerprint density at radius 1 is 0.821 bits per heavy atom. The summed E-state index contributed by atoms with van der Waals surface area (Å²) in [4.78, 5) is 27.4. The topological polar surface area (TPSA) is 57.6 Å². The molecule has 0 bridgehead atoms. The number of anilines is 1. The Kier molecular flexibility index (Phi) is 4.53. The summed E-state index contributed by atoms with van der Waals surface area (Å²) >= 11 is 0. The van der Waals surface area contributed by atoms with Gasteiger partial charge in [-0.2, -0.15) is 0 Å². The van der Waals surface area contributed by atoms with Gasteiger partial charge in [0, 0.05) is 11.3 Å². The second kappa shape index (κ2) is 7.16. The van der Waals surface area contributed by atoms with E-state index in [1.165, 1.54) is 4.90 Å². The van der Waals surface area contributed by atoms with E-state index in [9.17, 15) is 14.7 Å². The first-order valence-electron chi connectivity index (χ1n) is 9.06. The minimum atomic E-state index is -0.691. The third-order valence-electron chi connectivity index (χ3n) is 4.92. The third kappa shape index (κ3) is 2.99. The van der Waals surface area contributed by atoms with Gasteiger partial charge in [0.2, 0.25) is 0 Å². The molecule has 3 aromatic carbocycles. The predicted molar refractivity (Wildman–Crippen MR) is 109 cm³/mol. The van der Waals surface area contributed by atoms with Crippen molar-refractivity contribution in [3.05, 3.63) is 107 Å². The van der Waals surface area contributed by atoms with Crippen LogP contribution >= 0.6 is 0 Å². The van der Waals surface area contributed by atoms with Crippen molar-refractivity contribution in [3.63, 3.8) is 0 Å². The Morgan fingerprint density at radius 2 is 1.39 bits per heavy atom. The quantitative estimate of drug-likeness (QED) is 0.416. The molecule has 1 N–H and O–H groups in total. The monoisotopic (exact) mass is 369 g/mol. The highest BCUT2D eigenvalue weighted by atomic mass is 16.3. The normalized spacial score (nSPS) is 18.5. The van der Waals surface area contributed by atoms with Crippen LogP contribution in [0.25, 0.3) is 5.76 Å². The van der Waals surface area contributed by atoms with E-state index < -0.39 is 17.7 Å². The number of nitrogens with zero attached hydrogens (tertiary/aromatic N) is 1. The lowest BCUT2D eigenvalue weighted by atomic mass is 9.95. The average molecular weight is 369 g/mol. The van der Waals surface area contributed by atoms with Crippen LogP contribution in [0.1, 0.15) is 22.7 Å². The molecule has 3 aromatic rings. The number of carbonyl (C=O) groups excluding carboxylic acids is 2. The van der Waals surface area contributed by atoms with Crippen LogP contribution in [0.2, 0.25) is 0 Å². The summed E-state index contributed by atoms with van der Waals surface area (Å²) < 4.78 is 0. The van der Waals surface area contributed by atoms with Crippen LogP contribution in [0.3, 0.4) is 0 Å².